The number of imidazole rings is 1. The maximum Gasteiger partial charge on any atom is 0.449 e. The van der Waals surface area contributed by atoms with Crippen LogP contribution in [0.25, 0.3) is 0 Å². The molecule has 0 N–H and O–H groups in total. The minimum Gasteiger partial charge on any atom is -0.325 e. The van der Waals surface area contributed by atoms with Crippen molar-refractivity contribution in [3.8, 4) is 0 Å². The smallest absolute Gasteiger partial charge is 0.325 e. The lowest BCUT2D eigenvalue weighted by molar-refractivity contribution is -0.147. The molecule has 1 rings (SSSR count). The number of hydrogen-bond donors (Lipinski definition) is 0. The van der Waals surface area contributed by atoms with E-state index in [1.54, 1.807) is 13.8 Å². The summed E-state index contributed by atoms with van der Waals surface area (Å²) in [5.41, 5.74) is 0.0914. The van der Waals surface area contributed by atoms with Gasteiger partial charge in [-0.2, -0.15) is 13.2 Å². The van der Waals surface area contributed by atoms with Crippen LogP contribution in [0.5, 0.6) is 0 Å². The lowest BCUT2D eigenvalue weighted by Crippen LogP contribution is -2.16. The highest BCUT2D eigenvalue weighted by Gasteiger charge is 2.38. The number of alkyl halides is 3. The highest BCUT2D eigenvalue weighted by atomic mass is 19.4. The summed E-state index contributed by atoms with van der Waals surface area (Å²) >= 11 is 0. The van der Waals surface area contributed by atoms with Crippen LogP contribution in [-0.4, -0.2) is 9.55 Å². The minimum absolute atomic E-state index is 0.250. The number of aromatic nitrogens is 2. The van der Waals surface area contributed by atoms with Crippen LogP contribution in [-0.2, 0) is 11.6 Å². The quantitative estimate of drug-likeness (QED) is 0.723. The Hall–Kier alpha value is -1.00. The average Bonchev–Trinajstić information content (AvgIpc) is 2.44. The summed E-state index contributed by atoms with van der Waals surface area (Å²) in [5.74, 6) is -0.813. The number of nitrogens with zero attached hydrogens (tertiary/aromatic N) is 2. The van der Waals surface area contributed by atoms with Gasteiger partial charge in [0.2, 0.25) is 5.82 Å². The number of halogens is 3. The van der Waals surface area contributed by atoms with Crippen molar-refractivity contribution in [2.24, 2.45) is 0 Å². The molecule has 2 nitrogen and oxygen atoms in total. The molecule has 92 valence electrons. The predicted octanol–water partition coefficient (Wildman–Crippen LogP) is 3.78. The highest BCUT2D eigenvalue weighted by Crippen LogP contribution is 2.33. The lowest BCUT2D eigenvalue weighted by Gasteiger charge is -2.14. The summed E-state index contributed by atoms with van der Waals surface area (Å²) in [7, 11) is 0. The van der Waals surface area contributed by atoms with E-state index >= 15 is 0 Å². The van der Waals surface area contributed by atoms with Gasteiger partial charge in [0.1, 0.15) is 0 Å². The van der Waals surface area contributed by atoms with E-state index in [1.165, 1.54) is 10.8 Å². The van der Waals surface area contributed by atoms with Crippen molar-refractivity contribution >= 4 is 0 Å². The van der Waals surface area contributed by atoms with Gasteiger partial charge in [-0.15, -0.1) is 0 Å². The van der Waals surface area contributed by atoms with Crippen LogP contribution < -0.4 is 0 Å². The number of hydrogen-bond acceptors (Lipinski definition) is 1. The lowest BCUT2D eigenvalue weighted by atomic mass is 9.93. The van der Waals surface area contributed by atoms with Crippen LogP contribution in [0.2, 0.25) is 0 Å². The minimum atomic E-state index is -4.40. The molecule has 1 aromatic heterocycles. The molecule has 1 heterocycles. The van der Waals surface area contributed by atoms with E-state index in [9.17, 15) is 13.2 Å². The van der Waals surface area contributed by atoms with E-state index < -0.39 is 12.0 Å². The van der Waals surface area contributed by atoms with E-state index in [4.69, 9.17) is 0 Å². The second-order valence-electron chi connectivity index (χ2n) is 5.20. The first kappa shape index (κ1) is 13.1. The van der Waals surface area contributed by atoms with Gasteiger partial charge in [0, 0.05) is 17.7 Å². The van der Waals surface area contributed by atoms with Crippen LogP contribution in [0.15, 0.2) is 6.20 Å². The van der Waals surface area contributed by atoms with Gasteiger partial charge < -0.3 is 4.57 Å². The molecule has 5 heteroatoms. The Morgan fingerprint density at radius 1 is 1.19 bits per heavy atom. The molecule has 0 amide bonds. The Bertz CT molecular complexity index is 370. The molecule has 0 aliphatic heterocycles. The summed E-state index contributed by atoms with van der Waals surface area (Å²) in [6.45, 7) is 8.97. The molecule has 0 aliphatic carbocycles. The molecule has 0 atom stereocenters. The second-order valence-corrected chi connectivity index (χ2v) is 5.20. The van der Waals surface area contributed by atoms with Gasteiger partial charge in [-0.05, 0) is 13.8 Å². The summed E-state index contributed by atoms with van der Waals surface area (Å²) < 4.78 is 39.4. The Kier molecular flexibility index (Phi) is 3.09. The third-order valence-electron chi connectivity index (χ3n) is 2.31. The fourth-order valence-corrected chi connectivity index (χ4v) is 1.36. The standard InChI is InChI=1S/C11H17F3N2/c1-7(2)16-6-8(10(3,4)5)15-9(16)11(12,13)14/h6-7H,1-5H3. The van der Waals surface area contributed by atoms with Crippen molar-refractivity contribution in [3.05, 3.63) is 17.7 Å². The number of rotatable bonds is 1. The molecule has 0 spiro atoms. The molecular weight excluding hydrogens is 217 g/mol. The Morgan fingerprint density at radius 2 is 1.69 bits per heavy atom. The summed E-state index contributed by atoms with van der Waals surface area (Å²) in [6.07, 6.45) is -2.90. The topological polar surface area (TPSA) is 17.8 Å². The summed E-state index contributed by atoms with van der Waals surface area (Å²) in [4.78, 5) is 3.71. The third kappa shape index (κ3) is 2.57. The van der Waals surface area contributed by atoms with E-state index in [-0.39, 0.29) is 11.5 Å². The van der Waals surface area contributed by atoms with Crippen LogP contribution in [0.1, 0.15) is 52.2 Å². The van der Waals surface area contributed by atoms with E-state index in [1.807, 2.05) is 20.8 Å². The van der Waals surface area contributed by atoms with Crippen molar-refractivity contribution < 1.29 is 13.2 Å². The van der Waals surface area contributed by atoms with Crippen molar-refractivity contribution in [3.63, 3.8) is 0 Å². The zero-order valence-corrected chi connectivity index (χ0v) is 10.2. The molecular formula is C11H17F3N2. The highest BCUT2D eigenvalue weighted by molar-refractivity contribution is 5.15. The first-order chi connectivity index (χ1) is 7.03. The first-order valence-electron chi connectivity index (χ1n) is 5.20. The van der Waals surface area contributed by atoms with E-state index in [0.717, 1.165) is 0 Å². The fourth-order valence-electron chi connectivity index (χ4n) is 1.36. The third-order valence-corrected chi connectivity index (χ3v) is 2.31. The molecule has 1 aromatic rings. The first-order valence-corrected chi connectivity index (χ1v) is 5.20. The van der Waals surface area contributed by atoms with Crippen molar-refractivity contribution in [2.75, 3.05) is 0 Å². The SMILES string of the molecule is CC(C)n1cc(C(C)(C)C)nc1C(F)(F)F. The molecule has 0 aromatic carbocycles. The Labute approximate surface area is 93.5 Å². The van der Waals surface area contributed by atoms with Gasteiger partial charge >= 0.3 is 6.18 Å². The summed E-state index contributed by atoms with van der Waals surface area (Å²) in [6, 6.07) is -0.250. The van der Waals surface area contributed by atoms with Crippen LogP contribution in [0, 0.1) is 0 Å². The molecule has 0 saturated heterocycles. The molecule has 0 radical (unpaired) electrons. The normalized spacial score (nSPS) is 13.6. The Morgan fingerprint density at radius 3 is 1.94 bits per heavy atom. The maximum atomic E-state index is 12.7. The second kappa shape index (κ2) is 3.79. The Balaban J connectivity index is 3.32. The molecule has 0 bridgehead atoms. The maximum absolute atomic E-state index is 12.7. The zero-order valence-electron chi connectivity index (χ0n) is 10.2. The summed E-state index contributed by atoms with van der Waals surface area (Å²) in [5, 5.41) is 0. The van der Waals surface area contributed by atoms with Gasteiger partial charge in [0.25, 0.3) is 0 Å². The van der Waals surface area contributed by atoms with Crippen molar-refractivity contribution in [1.29, 1.82) is 0 Å². The average molecular weight is 234 g/mol. The zero-order chi connectivity index (χ0) is 12.7. The van der Waals surface area contributed by atoms with Gasteiger partial charge in [0.15, 0.2) is 0 Å². The van der Waals surface area contributed by atoms with Crippen LogP contribution in [0.4, 0.5) is 13.2 Å². The van der Waals surface area contributed by atoms with Gasteiger partial charge in [-0.25, -0.2) is 4.98 Å². The monoisotopic (exact) mass is 234 g/mol. The predicted molar refractivity (Wildman–Crippen MR) is 56.3 cm³/mol. The van der Waals surface area contributed by atoms with Crippen molar-refractivity contribution in [1.82, 2.24) is 9.55 Å². The molecule has 0 saturated carbocycles. The van der Waals surface area contributed by atoms with E-state index in [2.05, 4.69) is 4.98 Å². The van der Waals surface area contributed by atoms with Gasteiger partial charge in [0.05, 0.1) is 5.69 Å². The van der Waals surface area contributed by atoms with Gasteiger partial charge in [-0.1, -0.05) is 20.8 Å². The van der Waals surface area contributed by atoms with E-state index in [0.29, 0.717) is 5.69 Å². The van der Waals surface area contributed by atoms with Crippen molar-refractivity contribution in [2.45, 2.75) is 52.3 Å². The van der Waals surface area contributed by atoms with Gasteiger partial charge in [-0.3, -0.25) is 0 Å². The molecule has 0 unspecified atom stereocenters. The largest absolute Gasteiger partial charge is 0.449 e. The van der Waals surface area contributed by atoms with Crippen LogP contribution >= 0.6 is 0 Å². The fraction of sp³-hybridized carbons (Fsp3) is 0.727. The molecule has 0 aliphatic rings. The molecule has 0 fully saturated rings. The van der Waals surface area contributed by atoms with Crippen LogP contribution in [0.3, 0.4) is 0 Å². The molecule has 16 heavy (non-hydrogen) atoms.